The van der Waals surface area contributed by atoms with Crippen molar-refractivity contribution in [3.05, 3.63) is 154 Å². The molecule has 0 heterocycles. The average molecular weight is 706 g/mol. The van der Waals surface area contributed by atoms with E-state index in [2.05, 4.69) is 6.58 Å². The molecule has 0 amide bonds. The van der Waals surface area contributed by atoms with Gasteiger partial charge >= 0.3 is 31.1 Å². The van der Waals surface area contributed by atoms with Gasteiger partial charge in [-0.25, -0.2) is 4.79 Å². The van der Waals surface area contributed by atoms with Crippen molar-refractivity contribution in [1.29, 1.82) is 0 Å². The van der Waals surface area contributed by atoms with Crippen molar-refractivity contribution in [1.82, 2.24) is 0 Å². The standard InChI is InChI=1S/C37H38IO6/c1-3-32(42-25-28-17-9-5-10-18-28)35(43-26-29-19-11-6-12-20-29)36(44-27-30-21-13-7-14-22-30)34(39)33(37(40)41-4-2)38-31-23-15-8-16-24-31/h3,5-24,32-33,35-36H,1,4,25-27H2,2H3/q+1/t32-,33?,35+,36+/m1/s1. The molecule has 0 fully saturated rings. The van der Waals surface area contributed by atoms with Gasteiger partial charge in [0.05, 0.1) is 26.4 Å². The monoisotopic (exact) mass is 705 g/mol. The number of benzene rings is 4. The summed E-state index contributed by atoms with van der Waals surface area (Å²) in [7, 11) is 0. The summed E-state index contributed by atoms with van der Waals surface area (Å²) >= 11 is -1.11. The lowest BCUT2D eigenvalue weighted by Crippen LogP contribution is -3.66. The highest BCUT2D eigenvalue weighted by molar-refractivity contribution is 6.04. The fourth-order valence-corrected chi connectivity index (χ4v) is 7.12. The van der Waals surface area contributed by atoms with E-state index in [1.54, 1.807) is 13.0 Å². The molecule has 0 aliphatic rings. The van der Waals surface area contributed by atoms with E-state index < -0.39 is 49.4 Å². The molecule has 4 aromatic carbocycles. The largest absolute Gasteiger partial charge is 0.462 e. The molecule has 0 saturated carbocycles. The third-order valence-electron chi connectivity index (χ3n) is 6.69. The Kier molecular flexibility index (Phi) is 13.8. The SMILES string of the molecule is C=C[C@@H](OCc1ccccc1)[C@H](OCc1ccccc1)[C@@H](OCc1ccccc1)C(=O)C([I+]c1ccccc1)C(=O)OCC. The number of ketones is 1. The Morgan fingerprint density at radius 3 is 1.61 bits per heavy atom. The van der Waals surface area contributed by atoms with Crippen LogP contribution in [-0.2, 0) is 48.4 Å². The van der Waals surface area contributed by atoms with Gasteiger partial charge in [-0.15, -0.1) is 6.58 Å². The van der Waals surface area contributed by atoms with Gasteiger partial charge in [0.2, 0.25) is 5.78 Å². The fourth-order valence-electron chi connectivity index (χ4n) is 4.47. The first-order valence-electron chi connectivity index (χ1n) is 14.6. The third-order valence-corrected chi connectivity index (χ3v) is 9.87. The summed E-state index contributed by atoms with van der Waals surface area (Å²) in [5.41, 5.74) is 2.78. The minimum atomic E-state index is -1.14. The highest BCUT2D eigenvalue weighted by atomic mass is 127. The van der Waals surface area contributed by atoms with Crippen LogP contribution in [0, 0.1) is 3.57 Å². The smallest absolute Gasteiger partial charge is 0.366 e. The Hall–Kier alpha value is -3.63. The zero-order valence-corrected chi connectivity index (χ0v) is 27.0. The summed E-state index contributed by atoms with van der Waals surface area (Å²) in [6, 6.07) is 38.7. The molecule has 4 atom stereocenters. The number of esters is 1. The summed E-state index contributed by atoms with van der Waals surface area (Å²) in [6.45, 7) is 6.56. The molecule has 1 unspecified atom stereocenters. The van der Waals surface area contributed by atoms with Gasteiger partial charge in [0.25, 0.3) is 0 Å². The maximum absolute atomic E-state index is 14.6. The number of carbonyl (C=O) groups excluding carboxylic acids is 2. The van der Waals surface area contributed by atoms with E-state index in [4.69, 9.17) is 18.9 Å². The van der Waals surface area contributed by atoms with Gasteiger partial charge < -0.3 is 18.9 Å². The van der Waals surface area contributed by atoms with Gasteiger partial charge in [0.15, 0.2) is 9.67 Å². The zero-order valence-electron chi connectivity index (χ0n) is 24.8. The maximum Gasteiger partial charge on any atom is 0.366 e. The molecular formula is C37H38IO6+. The predicted molar refractivity (Wildman–Crippen MR) is 166 cm³/mol. The molecule has 0 aromatic heterocycles. The minimum Gasteiger partial charge on any atom is -0.462 e. The first kappa shape index (κ1) is 33.3. The highest BCUT2D eigenvalue weighted by Gasteiger charge is 2.49. The molecule has 228 valence electrons. The highest BCUT2D eigenvalue weighted by Crippen LogP contribution is 2.21. The fraction of sp³-hybridized carbons (Fsp3) is 0.243. The van der Waals surface area contributed by atoms with Gasteiger partial charge in [-0.05, 0) is 35.7 Å². The number of Topliss-reactive ketones (excluding diaryl/α,β-unsaturated/α-hetero) is 1. The van der Waals surface area contributed by atoms with E-state index in [0.29, 0.717) is 0 Å². The summed E-state index contributed by atoms with van der Waals surface area (Å²) in [5.74, 6) is -0.936. The van der Waals surface area contributed by atoms with Crippen molar-refractivity contribution in [2.45, 2.75) is 49.0 Å². The molecule has 44 heavy (non-hydrogen) atoms. The van der Waals surface area contributed by atoms with Crippen LogP contribution in [0.4, 0.5) is 0 Å². The van der Waals surface area contributed by atoms with Gasteiger partial charge in [-0.3, -0.25) is 4.79 Å². The Labute approximate surface area is 270 Å². The molecule has 4 rings (SSSR count). The Bertz CT molecular complexity index is 1420. The molecule has 0 aliphatic carbocycles. The quantitative estimate of drug-likeness (QED) is 0.0521. The number of hydrogen-bond donors (Lipinski definition) is 0. The van der Waals surface area contributed by atoms with Crippen molar-refractivity contribution in [3.63, 3.8) is 0 Å². The van der Waals surface area contributed by atoms with E-state index in [9.17, 15) is 9.59 Å². The number of carbonyl (C=O) groups is 2. The van der Waals surface area contributed by atoms with Crippen molar-refractivity contribution in [2.24, 2.45) is 0 Å². The first-order valence-corrected chi connectivity index (χ1v) is 16.9. The topological polar surface area (TPSA) is 71.1 Å². The number of ether oxygens (including phenoxy) is 4. The molecular weight excluding hydrogens is 667 g/mol. The average Bonchev–Trinajstić information content (AvgIpc) is 3.07. The van der Waals surface area contributed by atoms with E-state index in [0.717, 1.165) is 20.3 Å². The molecule has 0 bridgehead atoms. The first-order chi connectivity index (χ1) is 21.6. The summed E-state index contributed by atoms with van der Waals surface area (Å²) in [6.07, 6.45) is -1.13. The van der Waals surface area contributed by atoms with E-state index >= 15 is 0 Å². The molecule has 0 N–H and O–H groups in total. The van der Waals surface area contributed by atoms with Crippen LogP contribution in [0.1, 0.15) is 23.6 Å². The van der Waals surface area contributed by atoms with Crippen molar-refractivity contribution in [2.75, 3.05) is 6.61 Å². The van der Waals surface area contributed by atoms with E-state index in [1.165, 1.54) is 0 Å². The molecule has 0 radical (unpaired) electrons. The van der Waals surface area contributed by atoms with Gasteiger partial charge in [0.1, 0.15) is 12.2 Å². The lowest BCUT2D eigenvalue weighted by atomic mass is 10.0. The zero-order chi connectivity index (χ0) is 31.0. The van der Waals surface area contributed by atoms with Crippen LogP contribution in [0.2, 0.25) is 0 Å². The molecule has 0 saturated heterocycles. The van der Waals surface area contributed by atoms with E-state index in [-0.39, 0.29) is 32.2 Å². The second kappa shape index (κ2) is 18.2. The number of hydrogen-bond acceptors (Lipinski definition) is 6. The summed E-state index contributed by atoms with van der Waals surface area (Å²) in [5, 5.41) is 0. The molecule has 0 aliphatic heterocycles. The number of alkyl halides is 1. The summed E-state index contributed by atoms with van der Waals surface area (Å²) in [4.78, 5) is 27.9. The van der Waals surface area contributed by atoms with Gasteiger partial charge in [-0.1, -0.05) is 115 Å². The molecule has 0 spiro atoms. The Morgan fingerprint density at radius 1 is 0.682 bits per heavy atom. The van der Waals surface area contributed by atoms with Crippen LogP contribution in [-0.4, -0.2) is 40.6 Å². The second-order valence-corrected chi connectivity index (χ2v) is 13.0. The lowest BCUT2D eigenvalue weighted by molar-refractivity contribution is -0.639. The normalized spacial score (nSPS) is 13.8. The van der Waals surface area contributed by atoms with Crippen molar-refractivity contribution >= 4 is 11.8 Å². The lowest BCUT2D eigenvalue weighted by Gasteiger charge is -2.31. The van der Waals surface area contributed by atoms with Gasteiger partial charge in [-0.2, -0.15) is 0 Å². The number of halogens is 1. The van der Waals surface area contributed by atoms with Crippen LogP contribution in [0.25, 0.3) is 0 Å². The molecule has 6 nitrogen and oxygen atoms in total. The summed E-state index contributed by atoms with van der Waals surface area (Å²) < 4.78 is 24.6. The minimum absolute atomic E-state index is 0.143. The van der Waals surface area contributed by atoms with Crippen LogP contribution in [0.5, 0.6) is 0 Å². The molecule has 7 heteroatoms. The van der Waals surface area contributed by atoms with Crippen LogP contribution in [0.15, 0.2) is 134 Å². The van der Waals surface area contributed by atoms with Crippen LogP contribution < -0.4 is 21.2 Å². The maximum atomic E-state index is 14.6. The number of rotatable bonds is 18. The third kappa shape index (κ3) is 10.2. The van der Waals surface area contributed by atoms with Gasteiger partial charge in [0, 0.05) is 0 Å². The van der Waals surface area contributed by atoms with Crippen molar-refractivity contribution in [3.8, 4) is 0 Å². The van der Waals surface area contributed by atoms with Crippen LogP contribution >= 0.6 is 0 Å². The Morgan fingerprint density at radius 2 is 1.14 bits per heavy atom. The van der Waals surface area contributed by atoms with E-state index in [1.807, 2.05) is 121 Å². The predicted octanol–water partition coefficient (Wildman–Crippen LogP) is 3.39. The van der Waals surface area contributed by atoms with Crippen LogP contribution in [0.3, 0.4) is 0 Å². The second-order valence-electron chi connectivity index (χ2n) is 9.90. The van der Waals surface area contributed by atoms with Crippen molar-refractivity contribution < 1.29 is 49.7 Å². The molecule has 4 aromatic rings. The Balaban J connectivity index is 1.70.